The van der Waals surface area contributed by atoms with Crippen molar-refractivity contribution in [2.24, 2.45) is 0 Å². The third-order valence-electron chi connectivity index (χ3n) is 6.53. The zero-order valence-corrected chi connectivity index (χ0v) is 20.8. The number of fused-ring (bicyclic) bond motifs is 1. The maximum absolute atomic E-state index is 13.3. The van der Waals surface area contributed by atoms with Gasteiger partial charge in [0.2, 0.25) is 0 Å². The number of amides is 2. The van der Waals surface area contributed by atoms with Crippen molar-refractivity contribution in [3.05, 3.63) is 105 Å². The molecule has 0 unspecified atom stereocenters. The molecule has 0 aliphatic carbocycles. The van der Waals surface area contributed by atoms with Crippen LogP contribution in [0.25, 0.3) is 11.1 Å². The van der Waals surface area contributed by atoms with E-state index in [2.05, 4.69) is 42.7 Å². The highest BCUT2D eigenvalue weighted by molar-refractivity contribution is 7.10. The summed E-state index contributed by atoms with van der Waals surface area (Å²) in [5, 5.41) is 5.06. The van der Waals surface area contributed by atoms with Crippen LogP contribution in [0.3, 0.4) is 0 Å². The number of carbonyl (C=O) groups excluding carboxylic acids is 2. The van der Waals surface area contributed by atoms with Gasteiger partial charge in [-0.2, -0.15) is 0 Å². The maximum Gasteiger partial charge on any atom is 0.258 e. The Kier molecular flexibility index (Phi) is 6.51. The molecule has 4 nitrogen and oxygen atoms in total. The van der Waals surface area contributed by atoms with Gasteiger partial charge in [-0.25, -0.2) is 0 Å². The van der Waals surface area contributed by atoms with Crippen LogP contribution in [0.1, 0.15) is 49.6 Å². The Hall–Kier alpha value is -3.70. The monoisotopic (exact) mass is 480 g/mol. The normalized spacial score (nSPS) is 13.1. The Labute approximate surface area is 210 Å². The van der Waals surface area contributed by atoms with Gasteiger partial charge in [-0.3, -0.25) is 9.59 Å². The minimum atomic E-state index is -0.171. The van der Waals surface area contributed by atoms with E-state index >= 15 is 0 Å². The number of aryl methyl sites for hydroxylation is 3. The number of carbonyl (C=O) groups is 2. The molecule has 1 aromatic heterocycles. The van der Waals surface area contributed by atoms with E-state index in [1.165, 1.54) is 10.4 Å². The number of hydrogen-bond donors (Lipinski definition) is 1. The molecule has 4 aromatic rings. The second-order valence-electron chi connectivity index (χ2n) is 9.04. The van der Waals surface area contributed by atoms with Crippen molar-refractivity contribution in [3.8, 4) is 11.1 Å². The SMILES string of the molecule is Cc1ccc(-c2ccccc2C(=O)Nc2ccc(C(=O)N3CCCCc4sccc43)cc2)c(C)c1. The molecule has 2 heterocycles. The Morgan fingerprint density at radius 1 is 0.886 bits per heavy atom. The zero-order chi connectivity index (χ0) is 24.4. The molecule has 35 heavy (non-hydrogen) atoms. The van der Waals surface area contributed by atoms with E-state index in [1.807, 2.05) is 35.2 Å². The van der Waals surface area contributed by atoms with Crippen molar-refractivity contribution < 1.29 is 9.59 Å². The minimum absolute atomic E-state index is 0.00428. The lowest BCUT2D eigenvalue weighted by Gasteiger charge is -2.21. The smallest absolute Gasteiger partial charge is 0.258 e. The van der Waals surface area contributed by atoms with E-state index in [0.717, 1.165) is 48.2 Å². The summed E-state index contributed by atoms with van der Waals surface area (Å²) in [6.45, 7) is 4.86. The molecule has 0 spiro atoms. The van der Waals surface area contributed by atoms with Gasteiger partial charge in [0.05, 0.1) is 5.69 Å². The van der Waals surface area contributed by atoms with Gasteiger partial charge in [-0.05, 0) is 91.6 Å². The molecule has 1 aliphatic rings. The predicted molar refractivity (Wildman–Crippen MR) is 145 cm³/mol. The lowest BCUT2D eigenvalue weighted by atomic mass is 9.94. The van der Waals surface area contributed by atoms with Gasteiger partial charge in [-0.1, -0.05) is 42.0 Å². The first-order valence-corrected chi connectivity index (χ1v) is 12.9. The van der Waals surface area contributed by atoms with Crippen molar-refractivity contribution in [2.75, 3.05) is 16.8 Å². The summed E-state index contributed by atoms with van der Waals surface area (Å²) >= 11 is 1.72. The minimum Gasteiger partial charge on any atom is -0.322 e. The van der Waals surface area contributed by atoms with Gasteiger partial charge >= 0.3 is 0 Å². The third-order valence-corrected chi connectivity index (χ3v) is 7.50. The van der Waals surface area contributed by atoms with E-state index in [4.69, 9.17) is 0 Å². The molecule has 1 aliphatic heterocycles. The number of rotatable bonds is 4. The van der Waals surface area contributed by atoms with Gasteiger partial charge in [-0.15, -0.1) is 11.3 Å². The number of thiophene rings is 1. The first-order chi connectivity index (χ1) is 17.0. The topological polar surface area (TPSA) is 49.4 Å². The first-order valence-electron chi connectivity index (χ1n) is 12.0. The van der Waals surface area contributed by atoms with E-state index in [9.17, 15) is 9.59 Å². The van der Waals surface area contributed by atoms with Crippen molar-refractivity contribution in [3.63, 3.8) is 0 Å². The molecular formula is C30H28N2O2S. The molecule has 5 heteroatoms. The number of nitrogens with one attached hydrogen (secondary N) is 1. The van der Waals surface area contributed by atoms with Gasteiger partial charge < -0.3 is 10.2 Å². The van der Waals surface area contributed by atoms with Crippen molar-refractivity contribution in [2.45, 2.75) is 33.1 Å². The van der Waals surface area contributed by atoms with Crippen molar-refractivity contribution >= 4 is 34.5 Å². The quantitative estimate of drug-likeness (QED) is 0.334. The maximum atomic E-state index is 13.3. The Balaban J connectivity index is 1.35. The van der Waals surface area contributed by atoms with Crippen LogP contribution in [0.15, 0.2) is 78.2 Å². The second kappa shape index (κ2) is 9.88. The van der Waals surface area contributed by atoms with Crippen LogP contribution in [0.5, 0.6) is 0 Å². The highest BCUT2D eigenvalue weighted by Crippen LogP contribution is 2.32. The molecule has 0 atom stereocenters. The summed E-state index contributed by atoms with van der Waals surface area (Å²) in [6, 6.07) is 23.2. The van der Waals surface area contributed by atoms with Gasteiger partial charge in [0, 0.05) is 28.2 Å². The molecular weight excluding hydrogens is 452 g/mol. The largest absolute Gasteiger partial charge is 0.322 e. The summed E-state index contributed by atoms with van der Waals surface area (Å²) in [5.41, 5.74) is 7.22. The molecule has 176 valence electrons. The summed E-state index contributed by atoms with van der Waals surface area (Å²) in [6.07, 6.45) is 3.14. The fourth-order valence-electron chi connectivity index (χ4n) is 4.73. The Morgan fingerprint density at radius 2 is 1.69 bits per heavy atom. The van der Waals surface area contributed by atoms with Crippen LogP contribution in [0, 0.1) is 13.8 Å². The molecule has 3 aromatic carbocycles. The lowest BCUT2D eigenvalue weighted by molar-refractivity contribution is 0.0986. The average Bonchev–Trinajstić information content (AvgIpc) is 3.23. The summed E-state index contributed by atoms with van der Waals surface area (Å²) < 4.78 is 0. The number of hydrogen-bond acceptors (Lipinski definition) is 3. The molecule has 1 N–H and O–H groups in total. The molecule has 0 radical (unpaired) electrons. The van der Waals surface area contributed by atoms with E-state index in [-0.39, 0.29) is 11.8 Å². The van der Waals surface area contributed by atoms with E-state index < -0.39 is 0 Å². The van der Waals surface area contributed by atoms with E-state index in [1.54, 1.807) is 35.6 Å². The Bertz CT molecular complexity index is 1390. The molecule has 0 fully saturated rings. The van der Waals surface area contributed by atoms with Crippen molar-refractivity contribution in [1.29, 1.82) is 0 Å². The summed E-state index contributed by atoms with van der Waals surface area (Å²) in [4.78, 5) is 29.7. The first kappa shape index (κ1) is 23.1. The molecule has 2 amide bonds. The fraction of sp³-hybridized carbons (Fsp3) is 0.200. The van der Waals surface area contributed by atoms with Crippen LogP contribution in [-0.2, 0) is 6.42 Å². The van der Waals surface area contributed by atoms with Crippen LogP contribution in [0.4, 0.5) is 11.4 Å². The Morgan fingerprint density at radius 3 is 2.49 bits per heavy atom. The number of anilines is 2. The van der Waals surface area contributed by atoms with Crippen molar-refractivity contribution in [1.82, 2.24) is 0 Å². The second-order valence-corrected chi connectivity index (χ2v) is 10.0. The van der Waals surface area contributed by atoms with Gasteiger partial charge in [0.15, 0.2) is 0 Å². The summed E-state index contributed by atoms with van der Waals surface area (Å²) in [5.74, 6) is -0.167. The highest BCUT2D eigenvalue weighted by atomic mass is 32.1. The standard InChI is InChI=1S/C30H28N2O2S/c1-20-10-15-24(21(2)19-20)25-7-3-4-8-26(25)29(33)31-23-13-11-22(12-14-23)30(34)32-17-6-5-9-28-27(32)16-18-35-28/h3-4,7-8,10-16,18-19H,5-6,9,17H2,1-2H3,(H,31,33). The highest BCUT2D eigenvalue weighted by Gasteiger charge is 2.23. The van der Waals surface area contributed by atoms with E-state index in [0.29, 0.717) is 16.8 Å². The van der Waals surface area contributed by atoms with Crippen LogP contribution >= 0.6 is 11.3 Å². The van der Waals surface area contributed by atoms with Gasteiger partial charge in [0.1, 0.15) is 0 Å². The van der Waals surface area contributed by atoms with Gasteiger partial charge in [0.25, 0.3) is 11.8 Å². The molecule has 0 saturated heterocycles. The average molecular weight is 481 g/mol. The summed E-state index contributed by atoms with van der Waals surface area (Å²) in [7, 11) is 0. The van der Waals surface area contributed by atoms with Crippen LogP contribution in [-0.4, -0.2) is 18.4 Å². The molecule has 0 saturated carbocycles. The third kappa shape index (κ3) is 4.77. The molecule has 5 rings (SSSR count). The zero-order valence-electron chi connectivity index (χ0n) is 20.0. The lowest BCUT2D eigenvalue weighted by Crippen LogP contribution is -2.31. The predicted octanol–water partition coefficient (Wildman–Crippen LogP) is 7.27. The molecule has 0 bridgehead atoms. The van der Waals surface area contributed by atoms with Crippen LogP contribution < -0.4 is 10.2 Å². The van der Waals surface area contributed by atoms with Crippen LogP contribution in [0.2, 0.25) is 0 Å². The number of nitrogens with zero attached hydrogens (tertiary/aromatic N) is 1. The number of benzene rings is 3. The fourth-order valence-corrected chi connectivity index (χ4v) is 5.65.